The lowest BCUT2D eigenvalue weighted by atomic mass is 10.2. The van der Waals surface area contributed by atoms with E-state index in [9.17, 15) is 0 Å². The van der Waals surface area contributed by atoms with Crippen LogP contribution in [0.3, 0.4) is 0 Å². The fraction of sp³-hybridized carbons (Fsp3) is 0.167. The van der Waals surface area contributed by atoms with E-state index in [4.69, 9.17) is 38.9 Å². The molecule has 0 unspecified atom stereocenters. The Labute approximate surface area is 244 Å². The molecule has 194 valence electrons. The lowest BCUT2D eigenvalue weighted by Gasteiger charge is -2.12. The Morgan fingerprint density at radius 1 is 0.500 bits per heavy atom. The standard InChI is InChI=1S/C24H18N4O4S6/c1-29-11-5-6-12(30-2)16-15(11)25-9-33-21-22(34-10-26-16)38-24(37-21)23-35-19-20(36-23)28-18-14(32-4)8-7-13(31-3)17(18)27-19/h5-10H,1-4H3. The number of fused-ring (bicyclic) bond motifs is 3. The molecule has 38 heavy (non-hydrogen) atoms. The Morgan fingerprint density at radius 2 is 0.895 bits per heavy atom. The number of thioether (sulfide) groups is 6. The molecule has 8 nitrogen and oxygen atoms in total. The molecule has 0 amide bonds. The number of benzene rings is 2. The second-order valence-corrected chi connectivity index (χ2v) is 14.2. The summed E-state index contributed by atoms with van der Waals surface area (Å²) in [7, 11) is 6.52. The van der Waals surface area contributed by atoms with Crippen LogP contribution in [0.2, 0.25) is 0 Å². The van der Waals surface area contributed by atoms with Crippen molar-refractivity contribution in [3.05, 3.63) is 41.2 Å². The van der Waals surface area contributed by atoms with Gasteiger partial charge in [0.25, 0.3) is 0 Å². The average molecular weight is 619 g/mol. The molecular formula is C24H18N4O4S6. The van der Waals surface area contributed by atoms with Gasteiger partial charge in [0.2, 0.25) is 0 Å². The van der Waals surface area contributed by atoms with Crippen LogP contribution in [0.5, 0.6) is 23.0 Å². The highest BCUT2D eigenvalue weighted by atomic mass is 32.3. The number of aromatic nitrogens is 2. The van der Waals surface area contributed by atoms with Crippen LogP contribution in [0.1, 0.15) is 0 Å². The maximum Gasteiger partial charge on any atom is 0.147 e. The minimum Gasteiger partial charge on any atom is -0.494 e. The molecule has 0 aliphatic carbocycles. The molecule has 0 spiro atoms. The molecule has 0 saturated carbocycles. The van der Waals surface area contributed by atoms with E-state index in [-0.39, 0.29) is 0 Å². The average Bonchev–Trinajstić information content (AvgIpc) is 3.55. The largest absolute Gasteiger partial charge is 0.494 e. The van der Waals surface area contributed by atoms with Crippen molar-refractivity contribution >= 4 is 104 Å². The van der Waals surface area contributed by atoms with E-state index in [1.165, 1.54) is 4.24 Å². The topological polar surface area (TPSA) is 87.4 Å². The first-order valence-electron chi connectivity index (χ1n) is 10.9. The second-order valence-electron chi connectivity index (χ2n) is 7.43. The van der Waals surface area contributed by atoms with E-state index in [0.29, 0.717) is 45.4 Å². The molecule has 4 heterocycles. The number of nitrogens with zero attached hydrogens (tertiary/aromatic N) is 4. The Bertz CT molecular complexity index is 1480. The maximum absolute atomic E-state index is 5.53. The van der Waals surface area contributed by atoms with Crippen molar-refractivity contribution < 1.29 is 18.9 Å². The summed E-state index contributed by atoms with van der Waals surface area (Å²) >= 11 is 9.88. The highest BCUT2D eigenvalue weighted by Crippen LogP contribution is 2.64. The molecule has 0 saturated heterocycles. The van der Waals surface area contributed by atoms with Crippen molar-refractivity contribution in [3.63, 3.8) is 0 Å². The predicted octanol–water partition coefficient (Wildman–Crippen LogP) is 8.10. The summed E-state index contributed by atoms with van der Waals surface area (Å²) in [4.78, 5) is 19.2. The van der Waals surface area contributed by atoms with Gasteiger partial charge >= 0.3 is 0 Å². The lowest BCUT2D eigenvalue weighted by Crippen LogP contribution is -1.95. The fourth-order valence-electron chi connectivity index (χ4n) is 3.68. The summed E-state index contributed by atoms with van der Waals surface area (Å²) in [6, 6.07) is 7.38. The van der Waals surface area contributed by atoms with Crippen molar-refractivity contribution in [2.24, 2.45) is 9.98 Å². The summed E-state index contributed by atoms with van der Waals surface area (Å²) in [5.74, 6) is 2.63. The van der Waals surface area contributed by atoms with Gasteiger partial charge < -0.3 is 18.9 Å². The van der Waals surface area contributed by atoms with Gasteiger partial charge in [0.15, 0.2) is 0 Å². The third-order valence-electron chi connectivity index (χ3n) is 5.41. The van der Waals surface area contributed by atoms with Gasteiger partial charge in [-0.15, -0.1) is 0 Å². The minimum atomic E-state index is 0.641. The highest BCUT2D eigenvalue weighted by Gasteiger charge is 2.31. The summed E-state index contributed by atoms with van der Waals surface area (Å²) in [6.45, 7) is 0. The van der Waals surface area contributed by atoms with E-state index in [0.717, 1.165) is 22.8 Å². The van der Waals surface area contributed by atoms with Crippen LogP contribution in [-0.2, 0) is 0 Å². The quantitative estimate of drug-likeness (QED) is 0.283. The van der Waals surface area contributed by atoms with Crippen molar-refractivity contribution in [2.45, 2.75) is 10.1 Å². The van der Waals surface area contributed by atoms with Gasteiger partial charge in [-0.1, -0.05) is 70.6 Å². The molecule has 3 aromatic rings. The Morgan fingerprint density at radius 3 is 1.32 bits per heavy atom. The zero-order chi connectivity index (χ0) is 26.2. The number of aliphatic imine (C=N–C) groups is 2. The SMILES string of the molecule is COc1ccc(OC)c2c1N=CSC1=C(SC=N2)SC(=C2Sc3nc4c(OC)ccc(OC)c4nc3S2)S1. The molecule has 0 bridgehead atoms. The van der Waals surface area contributed by atoms with Crippen LogP contribution in [-0.4, -0.2) is 49.5 Å². The minimum absolute atomic E-state index is 0.641. The second kappa shape index (κ2) is 11.2. The number of hydrogen-bond donors (Lipinski definition) is 0. The monoisotopic (exact) mass is 618 g/mol. The van der Waals surface area contributed by atoms with Crippen LogP contribution in [0.25, 0.3) is 11.0 Å². The normalized spacial score (nSPS) is 16.4. The highest BCUT2D eigenvalue weighted by molar-refractivity contribution is 8.45. The van der Waals surface area contributed by atoms with E-state index < -0.39 is 0 Å². The molecule has 14 heteroatoms. The van der Waals surface area contributed by atoms with Gasteiger partial charge in [-0.25, -0.2) is 20.0 Å². The van der Waals surface area contributed by atoms with Gasteiger partial charge in [0.1, 0.15) is 55.5 Å². The summed E-state index contributed by atoms with van der Waals surface area (Å²) in [6.07, 6.45) is 0. The number of hydrogen-bond acceptors (Lipinski definition) is 14. The Hall–Kier alpha value is -2.10. The van der Waals surface area contributed by atoms with Gasteiger partial charge in [-0.05, 0) is 24.3 Å². The third-order valence-corrected chi connectivity index (χ3v) is 13.2. The van der Waals surface area contributed by atoms with E-state index in [1.54, 1.807) is 99.0 Å². The number of ether oxygens (including phenoxy) is 4. The molecule has 0 fully saturated rings. The van der Waals surface area contributed by atoms with E-state index in [2.05, 4.69) is 0 Å². The number of methoxy groups -OCH3 is 4. The van der Waals surface area contributed by atoms with Crippen molar-refractivity contribution in [1.82, 2.24) is 9.97 Å². The molecule has 0 atom stereocenters. The predicted molar refractivity (Wildman–Crippen MR) is 165 cm³/mol. The molecule has 0 N–H and O–H groups in total. The zero-order valence-corrected chi connectivity index (χ0v) is 25.2. The summed E-state index contributed by atoms with van der Waals surface area (Å²) in [5, 5.41) is 1.73. The van der Waals surface area contributed by atoms with Crippen molar-refractivity contribution in [1.29, 1.82) is 0 Å². The Kier molecular flexibility index (Phi) is 7.69. The van der Waals surface area contributed by atoms with Crippen LogP contribution >= 0.6 is 70.6 Å². The molecule has 2 aromatic carbocycles. The van der Waals surface area contributed by atoms with E-state index in [1.807, 2.05) is 35.4 Å². The Balaban J connectivity index is 1.30. The molecule has 6 rings (SSSR count). The molecular weight excluding hydrogens is 601 g/mol. The first kappa shape index (κ1) is 26.1. The molecule has 1 aromatic heterocycles. The third kappa shape index (κ3) is 4.75. The van der Waals surface area contributed by atoms with Crippen LogP contribution in [0, 0.1) is 0 Å². The van der Waals surface area contributed by atoms with Crippen LogP contribution < -0.4 is 18.9 Å². The van der Waals surface area contributed by atoms with Gasteiger partial charge in [-0.2, -0.15) is 0 Å². The van der Waals surface area contributed by atoms with Gasteiger partial charge in [-0.3, -0.25) is 0 Å². The zero-order valence-electron chi connectivity index (χ0n) is 20.3. The van der Waals surface area contributed by atoms with Crippen molar-refractivity contribution in [3.8, 4) is 23.0 Å². The van der Waals surface area contributed by atoms with Crippen LogP contribution in [0.4, 0.5) is 11.4 Å². The lowest BCUT2D eigenvalue weighted by molar-refractivity contribution is 0.405. The van der Waals surface area contributed by atoms with E-state index >= 15 is 0 Å². The first-order chi connectivity index (χ1) is 18.6. The fourth-order valence-corrected chi connectivity index (χ4v) is 11.2. The number of rotatable bonds is 4. The van der Waals surface area contributed by atoms with Gasteiger partial charge in [0.05, 0.1) is 56.5 Å². The summed E-state index contributed by atoms with van der Waals surface area (Å²) < 4.78 is 26.7. The van der Waals surface area contributed by atoms with Crippen LogP contribution in [0.15, 0.2) is 61.3 Å². The summed E-state index contributed by atoms with van der Waals surface area (Å²) in [5.41, 5.74) is 6.33. The van der Waals surface area contributed by atoms with Gasteiger partial charge in [0, 0.05) is 0 Å². The maximum atomic E-state index is 5.53. The first-order valence-corrected chi connectivity index (χ1v) is 15.9. The molecule has 3 aliphatic heterocycles. The molecule has 0 radical (unpaired) electrons. The molecule has 3 aliphatic rings. The smallest absolute Gasteiger partial charge is 0.147 e. The van der Waals surface area contributed by atoms with Crippen molar-refractivity contribution in [2.75, 3.05) is 28.4 Å².